The topological polar surface area (TPSA) is 24.5 Å². The molecule has 1 N–H and O–H groups in total. The van der Waals surface area contributed by atoms with E-state index in [2.05, 4.69) is 67.4 Å². The molecule has 0 bridgehead atoms. The van der Waals surface area contributed by atoms with E-state index in [0.717, 1.165) is 18.2 Å². The quantitative estimate of drug-likeness (QED) is 0.656. The van der Waals surface area contributed by atoms with E-state index in [1.807, 2.05) is 0 Å². The molecule has 1 aliphatic carbocycles. The maximum atomic E-state index is 6.40. The summed E-state index contributed by atoms with van der Waals surface area (Å²) in [6.07, 6.45) is 8.03. The fourth-order valence-corrected chi connectivity index (χ4v) is 6.23. The molecule has 2 heterocycles. The second-order valence-corrected chi connectivity index (χ2v) is 11.7. The molecule has 2 aromatic carbocycles. The van der Waals surface area contributed by atoms with Crippen LogP contribution in [0, 0.1) is 16.7 Å². The Morgan fingerprint density at radius 3 is 2.32 bits per heavy atom. The third kappa shape index (κ3) is 4.78. The van der Waals surface area contributed by atoms with Gasteiger partial charge >= 0.3 is 0 Å². The van der Waals surface area contributed by atoms with E-state index in [9.17, 15) is 0 Å². The molecule has 168 valence electrons. The number of rotatable bonds is 4. The van der Waals surface area contributed by atoms with Crippen LogP contribution in [0.25, 0.3) is 10.8 Å². The van der Waals surface area contributed by atoms with Crippen molar-refractivity contribution in [1.82, 2.24) is 10.2 Å². The Kier molecular flexibility index (Phi) is 5.77. The lowest BCUT2D eigenvalue weighted by Crippen LogP contribution is -2.59. The maximum Gasteiger partial charge on any atom is 0.120 e. The van der Waals surface area contributed by atoms with Crippen molar-refractivity contribution in [1.29, 1.82) is 0 Å². The van der Waals surface area contributed by atoms with E-state index in [1.54, 1.807) is 0 Å². The molecule has 2 aliphatic heterocycles. The molecule has 0 atom stereocenters. The molecule has 3 fully saturated rings. The molecule has 0 radical (unpaired) electrons. The smallest absolute Gasteiger partial charge is 0.120 e. The minimum atomic E-state index is 0.379. The lowest BCUT2D eigenvalue weighted by atomic mass is 9.72. The molecule has 2 aromatic rings. The van der Waals surface area contributed by atoms with Crippen LogP contribution in [0.15, 0.2) is 36.4 Å². The molecule has 0 aromatic heterocycles. The number of fused-ring (bicyclic) bond motifs is 1. The van der Waals surface area contributed by atoms with Crippen LogP contribution in [0.4, 0.5) is 0 Å². The van der Waals surface area contributed by atoms with E-state index >= 15 is 0 Å². The Morgan fingerprint density at radius 1 is 0.935 bits per heavy atom. The third-order valence-corrected chi connectivity index (χ3v) is 8.27. The second-order valence-electron chi connectivity index (χ2n) is 11.7. The molecule has 31 heavy (non-hydrogen) atoms. The summed E-state index contributed by atoms with van der Waals surface area (Å²) in [4.78, 5) is 2.62. The predicted octanol–water partition coefficient (Wildman–Crippen LogP) is 6.01. The van der Waals surface area contributed by atoms with E-state index in [-0.39, 0.29) is 0 Å². The van der Waals surface area contributed by atoms with Gasteiger partial charge in [-0.2, -0.15) is 0 Å². The number of nitrogens with one attached hydrogen (secondary N) is 1. The van der Waals surface area contributed by atoms with Crippen LogP contribution in [0.2, 0.25) is 0 Å². The van der Waals surface area contributed by atoms with Crippen LogP contribution >= 0.6 is 0 Å². The highest BCUT2D eigenvalue weighted by atomic mass is 16.5. The molecule has 3 heteroatoms. The summed E-state index contributed by atoms with van der Waals surface area (Å²) in [6.45, 7) is 13.2. The highest BCUT2D eigenvalue weighted by molar-refractivity contribution is 5.84. The minimum absolute atomic E-state index is 0.379. The van der Waals surface area contributed by atoms with Crippen molar-refractivity contribution in [3.63, 3.8) is 0 Å². The lowest BCUT2D eigenvalue weighted by Gasteiger charge is -2.52. The van der Waals surface area contributed by atoms with Crippen LogP contribution < -0.4 is 10.1 Å². The number of nitrogens with zero attached hydrogens (tertiary/aromatic N) is 1. The Morgan fingerprint density at radius 2 is 1.61 bits per heavy atom. The summed E-state index contributed by atoms with van der Waals surface area (Å²) >= 11 is 0. The summed E-state index contributed by atoms with van der Waals surface area (Å²) in [5.74, 6) is 1.87. The molecule has 2 saturated heterocycles. The zero-order valence-electron chi connectivity index (χ0n) is 19.8. The second kappa shape index (κ2) is 8.41. The number of hydrogen-bond acceptors (Lipinski definition) is 3. The zero-order chi connectivity index (χ0) is 21.5. The first-order valence-electron chi connectivity index (χ1n) is 12.5. The first-order valence-corrected chi connectivity index (χ1v) is 12.5. The summed E-state index contributed by atoms with van der Waals surface area (Å²) in [7, 11) is 0. The van der Waals surface area contributed by atoms with Crippen LogP contribution in [-0.4, -0.2) is 37.2 Å². The molecule has 5 rings (SSSR count). The van der Waals surface area contributed by atoms with Crippen molar-refractivity contribution in [2.75, 3.05) is 26.2 Å². The van der Waals surface area contributed by atoms with Gasteiger partial charge < -0.3 is 10.1 Å². The van der Waals surface area contributed by atoms with Gasteiger partial charge in [0.15, 0.2) is 0 Å². The Labute approximate surface area is 188 Å². The summed E-state index contributed by atoms with van der Waals surface area (Å²) in [6, 6.07) is 13.6. The Hall–Kier alpha value is -1.58. The first-order chi connectivity index (χ1) is 14.9. The van der Waals surface area contributed by atoms with Crippen LogP contribution in [0.3, 0.4) is 0 Å². The zero-order valence-corrected chi connectivity index (χ0v) is 19.8. The molecule has 0 amide bonds. The number of ether oxygens (including phenoxy) is 1. The fourth-order valence-electron chi connectivity index (χ4n) is 6.23. The van der Waals surface area contributed by atoms with Gasteiger partial charge in [0, 0.05) is 19.6 Å². The summed E-state index contributed by atoms with van der Waals surface area (Å²) in [5, 5.41) is 6.13. The molecular weight excluding hydrogens is 380 g/mol. The minimum Gasteiger partial charge on any atom is -0.490 e. The number of piperidine rings is 1. The molecule has 0 unspecified atom stereocenters. The standard InChI is InChI=1S/C28H40N2O/c1-27(2,3)24-7-10-25(11-8-24)31-26-9-6-22-16-21(4-5-23(22)17-26)18-30-19-28(20-30)12-14-29-15-13-28/h4-6,9,16-17,24-25,29H,7-8,10-15,18-20H2,1-3H3/t24-,25-. The molecule has 3 aliphatic rings. The number of hydrogen-bond donors (Lipinski definition) is 1. The van der Waals surface area contributed by atoms with Crippen molar-refractivity contribution in [3.05, 3.63) is 42.0 Å². The van der Waals surface area contributed by atoms with Gasteiger partial charge in [0.2, 0.25) is 0 Å². The summed E-state index contributed by atoms with van der Waals surface area (Å²) in [5.41, 5.74) is 2.47. The number of likely N-dealkylation sites (tertiary alicyclic amines) is 1. The van der Waals surface area contributed by atoms with E-state index in [0.29, 0.717) is 16.9 Å². The van der Waals surface area contributed by atoms with Crippen molar-refractivity contribution < 1.29 is 4.74 Å². The average Bonchev–Trinajstić information content (AvgIpc) is 2.73. The van der Waals surface area contributed by atoms with Crippen molar-refractivity contribution >= 4 is 10.8 Å². The van der Waals surface area contributed by atoms with Gasteiger partial charge in [0.05, 0.1) is 6.10 Å². The normalized spacial score (nSPS) is 26.7. The fraction of sp³-hybridized carbons (Fsp3) is 0.643. The highest BCUT2D eigenvalue weighted by Crippen LogP contribution is 2.40. The van der Waals surface area contributed by atoms with Gasteiger partial charge in [-0.05, 0) is 103 Å². The third-order valence-electron chi connectivity index (χ3n) is 8.27. The van der Waals surface area contributed by atoms with Gasteiger partial charge in [-0.15, -0.1) is 0 Å². The van der Waals surface area contributed by atoms with Gasteiger partial charge in [-0.3, -0.25) is 4.90 Å². The summed E-state index contributed by atoms with van der Waals surface area (Å²) < 4.78 is 6.40. The molecular formula is C28H40N2O. The maximum absolute atomic E-state index is 6.40. The van der Waals surface area contributed by atoms with E-state index in [4.69, 9.17) is 4.74 Å². The van der Waals surface area contributed by atoms with Crippen molar-refractivity contribution in [3.8, 4) is 5.75 Å². The van der Waals surface area contributed by atoms with Crippen LogP contribution in [-0.2, 0) is 6.54 Å². The predicted molar refractivity (Wildman–Crippen MR) is 130 cm³/mol. The highest BCUT2D eigenvalue weighted by Gasteiger charge is 2.42. The van der Waals surface area contributed by atoms with Gasteiger partial charge in [-0.25, -0.2) is 0 Å². The molecule has 1 spiro atoms. The monoisotopic (exact) mass is 420 g/mol. The molecule has 1 saturated carbocycles. The van der Waals surface area contributed by atoms with Crippen LogP contribution in [0.1, 0.15) is 64.9 Å². The van der Waals surface area contributed by atoms with Gasteiger partial charge in [0.25, 0.3) is 0 Å². The number of benzene rings is 2. The Bertz CT molecular complexity index is 893. The SMILES string of the molecule is CC(C)(C)[C@H]1CC[C@H](Oc2ccc3cc(CN4CC5(CCNCC5)C4)ccc3c2)CC1. The first kappa shape index (κ1) is 21.3. The molecule has 3 nitrogen and oxygen atoms in total. The van der Waals surface area contributed by atoms with Crippen molar-refractivity contribution in [2.45, 2.75) is 71.9 Å². The van der Waals surface area contributed by atoms with Crippen LogP contribution in [0.5, 0.6) is 5.75 Å². The lowest BCUT2D eigenvalue weighted by molar-refractivity contribution is -0.0282. The van der Waals surface area contributed by atoms with E-state index in [1.165, 1.54) is 81.0 Å². The van der Waals surface area contributed by atoms with E-state index < -0.39 is 0 Å². The van der Waals surface area contributed by atoms with Gasteiger partial charge in [-0.1, -0.05) is 39.0 Å². The largest absolute Gasteiger partial charge is 0.490 e. The van der Waals surface area contributed by atoms with Gasteiger partial charge in [0.1, 0.15) is 5.75 Å². The van der Waals surface area contributed by atoms with Crippen molar-refractivity contribution in [2.24, 2.45) is 16.7 Å². The Balaban J connectivity index is 1.17. The average molecular weight is 421 g/mol.